The van der Waals surface area contributed by atoms with E-state index in [1.54, 1.807) is 0 Å². The third-order valence-electron chi connectivity index (χ3n) is 2.76. The summed E-state index contributed by atoms with van der Waals surface area (Å²) in [6, 6.07) is 0.326. The molecule has 0 atom stereocenters. The van der Waals surface area contributed by atoms with Gasteiger partial charge < -0.3 is 9.73 Å². The van der Waals surface area contributed by atoms with Crippen molar-refractivity contribution in [3.63, 3.8) is 0 Å². The third-order valence-corrected chi connectivity index (χ3v) is 2.76. The van der Waals surface area contributed by atoms with Gasteiger partial charge in [0.1, 0.15) is 0 Å². The predicted octanol–water partition coefficient (Wildman–Crippen LogP) is 0.842. The highest BCUT2D eigenvalue weighted by Gasteiger charge is 2.24. The van der Waals surface area contributed by atoms with Crippen molar-refractivity contribution in [3.05, 3.63) is 12.3 Å². The number of carbonyl (C=O) groups excluding carboxylic acids is 1. The standard InChI is InChI=1S/C9H13N3O2/c13-5-10-8-3-1-7(2-4-8)9-12-11-6-14-9/h5-8H,1-4H2,(H,10,13)/t7-,8-. The van der Waals surface area contributed by atoms with Gasteiger partial charge in [-0.05, 0) is 25.7 Å². The van der Waals surface area contributed by atoms with Crippen LogP contribution in [0.1, 0.15) is 37.5 Å². The van der Waals surface area contributed by atoms with Crippen LogP contribution in [0.2, 0.25) is 0 Å². The van der Waals surface area contributed by atoms with Gasteiger partial charge in [-0.2, -0.15) is 0 Å². The number of nitrogens with zero attached hydrogens (tertiary/aromatic N) is 2. The molecule has 2 rings (SSSR count). The first kappa shape index (κ1) is 9.18. The summed E-state index contributed by atoms with van der Waals surface area (Å²) in [5, 5.41) is 10.4. The van der Waals surface area contributed by atoms with Gasteiger partial charge in [0, 0.05) is 12.0 Å². The molecule has 0 radical (unpaired) electrons. The molecule has 1 fully saturated rings. The first-order chi connectivity index (χ1) is 6.90. The summed E-state index contributed by atoms with van der Waals surface area (Å²) >= 11 is 0. The number of nitrogens with one attached hydrogen (secondary N) is 1. The summed E-state index contributed by atoms with van der Waals surface area (Å²) < 4.78 is 5.16. The Morgan fingerprint density at radius 1 is 1.43 bits per heavy atom. The molecule has 5 nitrogen and oxygen atoms in total. The Labute approximate surface area is 81.9 Å². The van der Waals surface area contributed by atoms with Crippen molar-refractivity contribution >= 4 is 6.41 Å². The number of amides is 1. The molecule has 0 spiro atoms. The molecule has 0 unspecified atom stereocenters. The van der Waals surface area contributed by atoms with Gasteiger partial charge in [0.05, 0.1) is 0 Å². The van der Waals surface area contributed by atoms with Gasteiger partial charge in [-0.15, -0.1) is 10.2 Å². The molecular weight excluding hydrogens is 182 g/mol. The van der Waals surface area contributed by atoms with Crippen LogP contribution in [0, 0.1) is 0 Å². The van der Waals surface area contributed by atoms with Crippen LogP contribution in [0.5, 0.6) is 0 Å². The molecule has 5 heteroatoms. The van der Waals surface area contributed by atoms with Gasteiger partial charge in [-0.25, -0.2) is 0 Å². The molecule has 1 aromatic rings. The topological polar surface area (TPSA) is 68.0 Å². The van der Waals surface area contributed by atoms with E-state index in [0.29, 0.717) is 12.0 Å². The van der Waals surface area contributed by atoms with Gasteiger partial charge in [0.2, 0.25) is 18.7 Å². The summed E-state index contributed by atoms with van der Waals surface area (Å²) in [6.45, 7) is 0. The molecular formula is C9H13N3O2. The maximum atomic E-state index is 10.2. The second kappa shape index (κ2) is 4.21. The lowest BCUT2D eigenvalue weighted by molar-refractivity contribution is -0.110. The number of hydrogen-bond donors (Lipinski definition) is 1. The van der Waals surface area contributed by atoms with Crippen molar-refractivity contribution in [2.24, 2.45) is 0 Å². The smallest absolute Gasteiger partial charge is 0.219 e. The fourth-order valence-corrected chi connectivity index (χ4v) is 1.96. The van der Waals surface area contributed by atoms with Gasteiger partial charge in [0.25, 0.3) is 0 Å². The van der Waals surface area contributed by atoms with E-state index >= 15 is 0 Å². The number of rotatable bonds is 3. The lowest BCUT2D eigenvalue weighted by atomic mass is 9.86. The normalized spacial score (nSPS) is 27.1. The molecule has 1 aliphatic carbocycles. The van der Waals surface area contributed by atoms with Crippen molar-refractivity contribution in [3.8, 4) is 0 Å². The molecule has 1 aliphatic rings. The number of hydrogen-bond acceptors (Lipinski definition) is 4. The minimum absolute atomic E-state index is 0.326. The Balaban J connectivity index is 1.87. The summed E-state index contributed by atoms with van der Waals surface area (Å²) in [6.07, 6.45) is 6.14. The Kier molecular flexibility index (Phi) is 2.76. The highest BCUT2D eigenvalue weighted by molar-refractivity contribution is 5.46. The predicted molar refractivity (Wildman–Crippen MR) is 48.5 cm³/mol. The van der Waals surface area contributed by atoms with Crippen molar-refractivity contribution < 1.29 is 9.21 Å². The zero-order valence-corrected chi connectivity index (χ0v) is 7.85. The summed E-state index contributed by atoms with van der Waals surface area (Å²) in [5.74, 6) is 1.11. The van der Waals surface area contributed by atoms with Crippen molar-refractivity contribution in [2.75, 3.05) is 0 Å². The first-order valence-corrected chi connectivity index (χ1v) is 4.86. The van der Waals surface area contributed by atoms with Crippen LogP contribution in [-0.2, 0) is 4.79 Å². The quantitative estimate of drug-likeness (QED) is 0.726. The second-order valence-corrected chi connectivity index (χ2v) is 3.61. The highest BCUT2D eigenvalue weighted by Crippen LogP contribution is 2.31. The van der Waals surface area contributed by atoms with Crippen LogP contribution in [0.3, 0.4) is 0 Å². The monoisotopic (exact) mass is 195 g/mol. The minimum atomic E-state index is 0.326. The van der Waals surface area contributed by atoms with E-state index in [1.165, 1.54) is 6.39 Å². The lowest BCUT2D eigenvalue weighted by Gasteiger charge is -2.25. The Bertz CT molecular complexity index is 278. The van der Waals surface area contributed by atoms with E-state index in [0.717, 1.165) is 38.0 Å². The van der Waals surface area contributed by atoms with Gasteiger partial charge in [-0.3, -0.25) is 4.79 Å². The number of aromatic nitrogens is 2. The largest absolute Gasteiger partial charge is 0.428 e. The molecule has 14 heavy (non-hydrogen) atoms. The summed E-state index contributed by atoms with van der Waals surface area (Å²) in [7, 11) is 0. The number of carbonyl (C=O) groups is 1. The van der Waals surface area contributed by atoms with Crippen LogP contribution >= 0.6 is 0 Å². The second-order valence-electron chi connectivity index (χ2n) is 3.61. The molecule has 1 N–H and O–H groups in total. The molecule has 0 aromatic carbocycles. The van der Waals surface area contributed by atoms with E-state index in [4.69, 9.17) is 4.42 Å². The van der Waals surface area contributed by atoms with Crippen LogP contribution in [0.4, 0.5) is 0 Å². The van der Waals surface area contributed by atoms with Crippen LogP contribution < -0.4 is 5.32 Å². The van der Waals surface area contributed by atoms with Gasteiger partial charge >= 0.3 is 0 Å². The lowest BCUT2D eigenvalue weighted by Crippen LogP contribution is -2.31. The molecule has 1 aromatic heterocycles. The molecule has 0 saturated heterocycles. The zero-order chi connectivity index (χ0) is 9.80. The van der Waals surface area contributed by atoms with E-state index in [1.807, 2.05) is 0 Å². The summed E-state index contributed by atoms with van der Waals surface area (Å²) in [5.41, 5.74) is 0. The third kappa shape index (κ3) is 1.92. The molecule has 0 bridgehead atoms. The zero-order valence-electron chi connectivity index (χ0n) is 7.85. The maximum Gasteiger partial charge on any atom is 0.219 e. The summed E-state index contributed by atoms with van der Waals surface area (Å²) in [4.78, 5) is 10.2. The first-order valence-electron chi connectivity index (χ1n) is 4.86. The van der Waals surface area contributed by atoms with Crippen molar-refractivity contribution in [2.45, 2.75) is 37.6 Å². The van der Waals surface area contributed by atoms with Crippen LogP contribution in [-0.4, -0.2) is 22.6 Å². The van der Waals surface area contributed by atoms with Gasteiger partial charge in [-0.1, -0.05) is 0 Å². The van der Waals surface area contributed by atoms with Crippen molar-refractivity contribution in [1.82, 2.24) is 15.5 Å². The average Bonchev–Trinajstić information content (AvgIpc) is 2.72. The maximum absolute atomic E-state index is 10.2. The van der Waals surface area contributed by atoms with E-state index in [2.05, 4.69) is 15.5 Å². The van der Waals surface area contributed by atoms with Crippen molar-refractivity contribution in [1.29, 1.82) is 0 Å². The fraction of sp³-hybridized carbons (Fsp3) is 0.667. The Morgan fingerprint density at radius 3 is 2.79 bits per heavy atom. The molecule has 76 valence electrons. The minimum Gasteiger partial charge on any atom is -0.428 e. The van der Waals surface area contributed by atoms with Crippen LogP contribution in [0.25, 0.3) is 0 Å². The van der Waals surface area contributed by atoms with E-state index in [-0.39, 0.29) is 0 Å². The molecule has 1 heterocycles. The Morgan fingerprint density at radius 2 is 2.21 bits per heavy atom. The van der Waals surface area contributed by atoms with Gasteiger partial charge in [0.15, 0.2) is 0 Å². The molecule has 1 saturated carbocycles. The average molecular weight is 195 g/mol. The van der Waals surface area contributed by atoms with E-state index < -0.39 is 0 Å². The SMILES string of the molecule is O=CN[C@H]1CC[C@H](c2nnco2)CC1. The highest BCUT2D eigenvalue weighted by atomic mass is 16.4. The molecule has 0 aliphatic heterocycles. The molecule has 1 amide bonds. The fourth-order valence-electron chi connectivity index (χ4n) is 1.96. The van der Waals surface area contributed by atoms with E-state index in [9.17, 15) is 4.79 Å². The van der Waals surface area contributed by atoms with Crippen LogP contribution in [0.15, 0.2) is 10.8 Å². The Hall–Kier alpha value is -1.39.